The molecule has 0 bridgehead atoms. The Labute approximate surface area is 181 Å². The lowest BCUT2D eigenvalue weighted by atomic mass is 9.95. The van der Waals surface area contributed by atoms with Gasteiger partial charge in [-0.25, -0.2) is 0 Å². The second-order valence-corrected chi connectivity index (χ2v) is 7.65. The molecular weight excluding hydrogens is 390 g/mol. The summed E-state index contributed by atoms with van der Waals surface area (Å²) in [6.07, 6.45) is 1.66. The van der Waals surface area contributed by atoms with E-state index in [9.17, 15) is 4.79 Å². The smallest absolute Gasteiger partial charge is 0.316 e. The Bertz CT molecular complexity index is 1100. The van der Waals surface area contributed by atoms with Crippen LogP contribution in [0.1, 0.15) is 41.1 Å². The van der Waals surface area contributed by atoms with Gasteiger partial charge < -0.3 is 9.47 Å². The summed E-state index contributed by atoms with van der Waals surface area (Å²) in [5.41, 5.74) is 12.3. The first-order chi connectivity index (χ1) is 15.2. The highest BCUT2D eigenvalue weighted by Gasteiger charge is 2.52. The molecule has 0 radical (unpaired) electrons. The lowest BCUT2D eigenvalue weighted by molar-refractivity contribution is -0.143. The summed E-state index contributed by atoms with van der Waals surface area (Å²) in [5.74, 6) is 0.533. The van der Waals surface area contributed by atoms with Crippen molar-refractivity contribution >= 4 is 5.97 Å². The monoisotopic (exact) mass is 413 g/mol. The second kappa shape index (κ2) is 8.94. The molecular formula is C25H23N3O3. The molecule has 1 atom stereocenters. The summed E-state index contributed by atoms with van der Waals surface area (Å²) in [5, 5.41) is 3.97. The van der Waals surface area contributed by atoms with E-state index in [4.69, 9.17) is 15.0 Å². The fourth-order valence-electron chi connectivity index (χ4n) is 3.80. The topological polar surface area (TPSA) is 84.3 Å². The molecule has 1 saturated carbocycles. The number of methoxy groups -OCH3 is 1. The molecule has 1 aliphatic rings. The van der Waals surface area contributed by atoms with Crippen molar-refractivity contribution in [2.24, 2.45) is 5.11 Å². The van der Waals surface area contributed by atoms with Gasteiger partial charge in [0.15, 0.2) is 0 Å². The van der Waals surface area contributed by atoms with Gasteiger partial charge in [-0.2, -0.15) is 0 Å². The van der Waals surface area contributed by atoms with E-state index in [2.05, 4.69) is 10.0 Å². The van der Waals surface area contributed by atoms with Gasteiger partial charge in [0.2, 0.25) is 0 Å². The van der Waals surface area contributed by atoms with Gasteiger partial charge in [0, 0.05) is 4.91 Å². The average molecular weight is 413 g/mol. The van der Waals surface area contributed by atoms with Crippen molar-refractivity contribution in [3.8, 4) is 5.75 Å². The molecule has 1 unspecified atom stereocenters. The van der Waals surface area contributed by atoms with Crippen LogP contribution in [0.5, 0.6) is 5.75 Å². The lowest BCUT2D eigenvalue weighted by Crippen LogP contribution is -2.21. The number of benzene rings is 3. The molecule has 0 spiro atoms. The average Bonchev–Trinajstić information content (AvgIpc) is 3.64. The SMILES string of the molecule is COC(=O)C1(c2ccc(COc3cccc(C(N=[N+]=[N-])c4ccccc4)c3)cc2)CC1. The highest BCUT2D eigenvalue weighted by atomic mass is 16.5. The number of carbonyl (C=O) groups is 1. The van der Waals surface area contributed by atoms with Crippen molar-refractivity contribution in [1.29, 1.82) is 0 Å². The van der Waals surface area contributed by atoms with Gasteiger partial charge in [-0.3, -0.25) is 4.79 Å². The van der Waals surface area contributed by atoms with E-state index in [0.29, 0.717) is 12.4 Å². The lowest BCUT2D eigenvalue weighted by Gasteiger charge is -2.15. The van der Waals surface area contributed by atoms with Crippen LogP contribution in [-0.2, 0) is 21.6 Å². The molecule has 4 rings (SSSR count). The summed E-state index contributed by atoms with van der Waals surface area (Å²) >= 11 is 0. The Balaban J connectivity index is 1.46. The minimum absolute atomic E-state index is 0.165. The number of azide groups is 1. The van der Waals surface area contributed by atoms with Crippen molar-refractivity contribution < 1.29 is 14.3 Å². The van der Waals surface area contributed by atoms with E-state index in [-0.39, 0.29) is 5.97 Å². The number of rotatable bonds is 8. The summed E-state index contributed by atoms with van der Waals surface area (Å²) in [6, 6.07) is 24.8. The van der Waals surface area contributed by atoms with Gasteiger partial charge in [-0.15, -0.1) is 0 Å². The van der Waals surface area contributed by atoms with Gasteiger partial charge in [0.25, 0.3) is 0 Å². The van der Waals surface area contributed by atoms with E-state index in [1.54, 1.807) is 0 Å². The van der Waals surface area contributed by atoms with E-state index in [1.807, 2.05) is 78.9 Å². The molecule has 6 heteroatoms. The Morgan fingerprint density at radius 3 is 2.39 bits per heavy atom. The summed E-state index contributed by atoms with van der Waals surface area (Å²) in [6.45, 7) is 0.395. The maximum absolute atomic E-state index is 12.1. The molecule has 1 aliphatic carbocycles. The third-order valence-electron chi connectivity index (χ3n) is 5.69. The molecule has 0 saturated heterocycles. The standard InChI is InChI=1S/C25H23N3O3/c1-30-24(29)25(14-15-25)21-12-10-18(11-13-21)17-31-22-9-5-8-20(16-22)23(27-28-26)19-6-3-2-4-7-19/h2-13,16,23H,14-15,17H2,1H3. The zero-order chi connectivity index (χ0) is 21.7. The minimum Gasteiger partial charge on any atom is -0.489 e. The van der Waals surface area contributed by atoms with Crippen molar-refractivity contribution in [2.45, 2.75) is 30.9 Å². The number of carbonyl (C=O) groups excluding carboxylic acids is 1. The quantitative estimate of drug-likeness (QED) is 0.200. The molecule has 156 valence electrons. The maximum atomic E-state index is 12.1. The van der Waals surface area contributed by atoms with Crippen molar-refractivity contribution in [1.82, 2.24) is 0 Å². The second-order valence-electron chi connectivity index (χ2n) is 7.65. The third-order valence-corrected chi connectivity index (χ3v) is 5.69. The highest BCUT2D eigenvalue weighted by Crippen LogP contribution is 2.49. The molecule has 0 amide bonds. The zero-order valence-corrected chi connectivity index (χ0v) is 17.3. The van der Waals surface area contributed by atoms with E-state index in [1.165, 1.54) is 7.11 Å². The first kappa shape index (κ1) is 20.5. The van der Waals surface area contributed by atoms with Crippen LogP contribution < -0.4 is 4.74 Å². The van der Waals surface area contributed by atoms with E-state index >= 15 is 0 Å². The normalized spacial score (nSPS) is 14.7. The largest absolute Gasteiger partial charge is 0.489 e. The summed E-state index contributed by atoms with van der Waals surface area (Å²) < 4.78 is 10.9. The van der Waals surface area contributed by atoms with Crippen LogP contribution in [0, 0.1) is 0 Å². The fourth-order valence-corrected chi connectivity index (χ4v) is 3.80. The van der Waals surface area contributed by atoms with E-state index < -0.39 is 11.5 Å². The van der Waals surface area contributed by atoms with Crippen LogP contribution in [0.25, 0.3) is 10.4 Å². The van der Waals surface area contributed by atoms with Crippen LogP contribution in [0.4, 0.5) is 0 Å². The molecule has 3 aromatic rings. The predicted molar refractivity (Wildman–Crippen MR) is 118 cm³/mol. The molecule has 0 N–H and O–H groups in total. The van der Waals surface area contributed by atoms with Crippen LogP contribution in [0.2, 0.25) is 0 Å². The van der Waals surface area contributed by atoms with Crippen LogP contribution >= 0.6 is 0 Å². The molecule has 31 heavy (non-hydrogen) atoms. The Hall–Kier alpha value is -3.76. The van der Waals surface area contributed by atoms with Gasteiger partial charge in [-0.1, -0.05) is 71.8 Å². The van der Waals surface area contributed by atoms with Gasteiger partial charge in [-0.05, 0) is 52.8 Å². The fraction of sp³-hybridized carbons (Fsp3) is 0.240. The maximum Gasteiger partial charge on any atom is 0.316 e. The number of hydrogen-bond acceptors (Lipinski definition) is 4. The number of nitrogens with zero attached hydrogens (tertiary/aromatic N) is 3. The summed E-state index contributed by atoms with van der Waals surface area (Å²) in [4.78, 5) is 15.1. The molecule has 1 fully saturated rings. The Morgan fingerprint density at radius 1 is 1.03 bits per heavy atom. The van der Waals surface area contributed by atoms with E-state index in [0.717, 1.165) is 35.1 Å². The van der Waals surface area contributed by atoms with Gasteiger partial charge >= 0.3 is 5.97 Å². The molecule has 6 nitrogen and oxygen atoms in total. The van der Waals surface area contributed by atoms with Crippen molar-refractivity contribution in [3.05, 3.63) is 112 Å². The zero-order valence-electron chi connectivity index (χ0n) is 17.3. The van der Waals surface area contributed by atoms with Crippen LogP contribution in [0.15, 0.2) is 84.0 Å². The van der Waals surface area contributed by atoms with Gasteiger partial charge in [0.05, 0.1) is 18.6 Å². The van der Waals surface area contributed by atoms with Crippen molar-refractivity contribution in [3.63, 3.8) is 0 Å². The third kappa shape index (κ3) is 4.39. The minimum atomic E-state index is -0.462. The first-order valence-corrected chi connectivity index (χ1v) is 10.2. The van der Waals surface area contributed by atoms with Crippen LogP contribution in [0.3, 0.4) is 0 Å². The number of ether oxygens (including phenoxy) is 2. The number of hydrogen-bond donors (Lipinski definition) is 0. The first-order valence-electron chi connectivity index (χ1n) is 10.2. The molecule has 0 aliphatic heterocycles. The van der Waals surface area contributed by atoms with Crippen LogP contribution in [-0.4, -0.2) is 13.1 Å². The summed E-state index contributed by atoms with van der Waals surface area (Å²) in [7, 11) is 1.43. The van der Waals surface area contributed by atoms with Crippen molar-refractivity contribution in [2.75, 3.05) is 7.11 Å². The highest BCUT2D eigenvalue weighted by molar-refractivity contribution is 5.86. The Morgan fingerprint density at radius 2 is 1.74 bits per heavy atom. The number of esters is 1. The van der Waals surface area contributed by atoms with Gasteiger partial charge in [0.1, 0.15) is 12.4 Å². The molecule has 3 aromatic carbocycles. The predicted octanol–water partition coefficient (Wildman–Crippen LogP) is 5.87. The molecule has 0 aromatic heterocycles. The Kier molecular flexibility index (Phi) is 5.92. The molecule has 0 heterocycles.